The number of rotatable bonds is 3. The Morgan fingerprint density at radius 1 is 1.35 bits per heavy atom. The Hall–Kier alpha value is -2.43. The number of hydrogen-bond donors (Lipinski definition) is 2. The number of aromatic nitrogens is 2. The van der Waals surface area contributed by atoms with Crippen LogP contribution in [0, 0.1) is 6.92 Å². The van der Waals surface area contributed by atoms with Crippen LogP contribution in [-0.2, 0) is 11.3 Å². The highest BCUT2D eigenvalue weighted by Gasteiger charge is 2.27. The maximum absolute atomic E-state index is 12.2. The van der Waals surface area contributed by atoms with Crippen LogP contribution >= 0.6 is 0 Å². The highest BCUT2D eigenvalue weighted by atomic mass is 16.1. The van der Waals surface area contributed by atoms with Crippen LogP contribution in [0.3, 0.4) is 0 Å². The van der Waals surface area contributed by atoms with Gasteiger partial charge in [0.1, 0.15) is 0 Å². The van der Waals surface area contributed by atoms with E-state index in [1.807, 2.05) is 31.2 Å². The molecule has 3 rings (SSSR count). The smallest absolute Gasteiger partial charge is 0.229 e. The Kier molecular flexibility index (Phi) is 3.33. The van der Waals surface area contributed by atoms with Crippen LogP contribution in [0.1, 0.15) is 22.9 Å². The van der Waals surface area contributed by atoms with Gasteiger partial charge in [-0.1, -0.05) is 18.2 Å². The average molecular weight is 268 g/mol. The van der Waals surface area contributed by atoms with Crippen LogP contribution in [0.2, 0.25) is 0 Å². The first-order chi connectivity index (χ1) is 9.74. The summed E-state index contributed by atoms with van der Waals surface area (Å²) in [6.45, 7) is 2.94. The van der Waals surface area contributed by atoms with Gasteiger partial charge in [0.25, 0.3) is 0 Å². The van der Waals surface area contributed by atoms with E-state index in [0.29, 0.717) is 13.1 Å². The molecule has 5 nitrogen and oxygen atoms in total. The van der Waals surface area contributed by atoms with E-state index in [-0.39, 0.29) is 11.8 Å². The lowest BCUT2D eigenvalue weighted by Gasteiger charge is -2.10. The number of para-hydroxylation sites is 1. The van der Waals surface area contributed by atoms with Crippen molar-refractivity contribution >= 4 is 11.6 Å². The highest BCUT2D eigenvalue weighted by Crippen LogP contribution is 2.30. The third kappa shape index (κ3) is 2.47. The average Bonchev–Trinajstić information content (AvgIpc) is 2.90. The van der Waals surface area contributed by atoms with Crippen molar-refractivity contribution in [3.8, 4) is 0 Å². The van der Waals surface area contributed by atoms with Crippen LogP contribution < -0.4 is 10.6 Å². The Bertz CT molecular complexity index is 624. The summed E-state index contributed by atoms with van der Waals surface area (Å²) in [7, 11) is 0. The van der Waals surface area contributed by atoms with Gasteiger partial charge >= 0.3 is 0 Å². The fourth-order valence-corrected chi connectivity index (χ4v) is 2.33. The molecule has 1 amide bonds. The molecule has 1 atom stereocenters. The molecule has 1 unspecified atom stereocenters. The quantitative estimate of drug-likeness (QED) is 0.887. The minimum atomic E-state index is -0.135. The molecule has 0 fully saturated rings. The summed E-state index contributed by atoms with van der Waals surface area (Å²) in [4.78, 5) is 20.6. The van der Waals surface area contributed by atoms with Crippen molar-refractivity contribution in [2.24, 2.45) is 0 Å². The number of fused-ring (bicyclic) bond motifs is 1. The molecule has 1 aromatic heterocycles. The lowest BCUT2D eigenvalue weighted by molar-refractivity contribution is -0.122. The number of nitrogens with zero attached hydrogens (tertiary/aromatic N) is 2. The van der Waals surface area contributed by atoms with E-state index in [9.17, 15) is 4.79 Å². The van der Waals surface area contributed by atoms with Crippen molar-refractivity contribution < 1.29 is 4.79 Å². The molecule has 2 heterocycles. The molecule has 102 valence electrons. The second kappa shape index (κ2) is 5.28. The van der Waals surface area contributed by atoms with Gasteiger partial charge in [0, 0.05) is 18.4 Å². The predicted octanol–water partition coefficient (Wildman–Crippen LogP) is 1.61. The number of carbonyl (C=O) groups excluding carboxylic acids is 1. The number of anilines is 1. The topological polar surface area (TPSA) is 66.9 Å². The molecule has 0 bridgehead atoms. The van der Waals surface area contributed by atoms with E-state index < -0.39 is 0 Å². The zero-order chi connectivity index (χ0) is 13.9. The van der Waals surface area contributed by atoms with Gasteiger partial charge in [-0.25, -0.2) is 0 Å². The molecular formula is C15H16N4O. The maximum Gasteiger partial charge on any atom is 0.229 e. The normalized spacial score (nSPS) is 16.4. The molecule has 0 aliphatic carbocycles. The number of carbonyl (C=O) groups is 1. The summed E-state index contributed by atoms with van der Waals surface area (Å²) in [6, 6.07) is 7.91. The van der Waals surface area contributed by atoms with Gasteiger partial charge in [-0.15, -0.1) is 0 Å². The van der Waals surface area contributed by atoms with E-state index >= 15 is 0 Å². The van der Waals surface area contributed by atoms with Crippen LogP contribution in [-0.4, -0.2) is 22.4 Å². The van der Waals surface area contributed by atoms with Crippen molar-refractivity contribution in [1.29, 1.82) is 0 Å². The van der Waals surface area contributed by atoms with Crippen LogP contribution in [0.15, 0.2) is 36.7 Å². The molecule has 0 spiro atoms. The highest BCUT2D eigenvalue weighted by molar-refractivity contribution is 5.88. The van der Waals surface area contributed by atoms with E-state index in [1.54, 1.807) is 12.4 Å². The standard InChI is InChI=1S/C15H16N4O/c1-10-6-17-11(7-16-10)8-19-15(20)13-9-18-14-5-3-2-4-12(13)14/h2-7,13,18H,8-9H2,1H3,(H,19,20). The predicted molar refractivity (Wildman–Crippen MR) is 76.3 cm³/mol. The van der Waals surface area contributed by atoms with E-state index in [1.165, 1.54) is 0 Å². The van der Waals surface area contributed by atoms with Gasteiger partial charge in [-0.2, -0.15) is 0 Å². The number of amides is 1. The monoisotopic (exact) mass is 268 g/mol. The molecule has 20 heavy (non-hydrogen) atoms. The molecule has 2 N–H and O–H groups in total. The fraction of sp³-hybridized carbons (Fsp3) is 0.267. The van der Waals surface area contributed by atoms with Gasteiger partial charge in [-0.05, 0) is 18.6 Å². The van der Waals surface area contributed by atoms with Crippen molar-refractivity contribution in [3.05, 3.63) is 53.6 Å². The lowest BCUT2D eigenvalue weighted by atomic mass is 10.0. The second-order valence-electron chi connectivity index (χ2n) is 4.89. The Morgan fingerprint density at radius 3 is 3.00 bits per heavy atom. The minimum absolute atomic E-state index is 0.0184. The minimum Gasteiger partial charge on any atom is -0.384 e. The zero-order valence-electron chi connectivity index (χ0n) is 11.3. The Balaban J connectivity index is 1.65. The summed E-state index contributed by atoms with van der Waals surface area (Å²) in [5.41, 5.74) is 3.74. The summed E-state index contributed by atoms with van der Waals surface area (Å²) in [6.07, 6.45) is 3.39. The molecule has 0 radical (unpaired) electrons. The Morgan fingerprint density at radius 2 is 2.20 bits per heavy atom. The molecule has 2 aromatic rings. The molecule has 1 aliphatic heterocycles. The Labute approximate surface area is 117 Å². The first-order valence-corrected chi connectivity index (χ1v) is 6.62. The van der Waals surface area contributed by atoms with Gasteiger partial charge in [0.2, 0.25) is 5.91 Å². The molecule has 0 saturated heterocycles. The van der Waals surface area contributed by atoms with Crippen molar-refractivity contribution in [3.63, 3.8) is 0 Å². The van der Waals surface area contributed by atoms with Crippen molar-refractivity contribution in [2.75, 3.05) is 11.9 Å². The summed E-state index contributed by atoms with van der Waals surface area (Å²) in [5.74, 6) is -0.116. The number of hydrogen-bond acceptors (Lipinski definition) is 4. The number of nitrogens with one attached hydrogen (secondary N) is 2. The number of benzene rings is 1. The van der Waals surface area contributed by atoms with Crippen LogP contribution in [0.4, 0.5) is 5.69 Å². The molecule has 1 aromatic carbocycles. The van der Waals surface area contributed by atoms with Gasteiger partial charge in [0.15, 0.2) is 0 Å². The molecular weight excluding hydrogens is 252 g/mol. The summed E-state index contributed by atoms with van der Waals surface area (Å²) < 4.78 is 0. The first kappa shape index (κ1) is 12.6. The molecule has 1 aliphatic rings. The second-order valence-corrected chi connectivity index (χ2v) is 4.89. The summed E-state index contributed by atoms with van der Waals surface area (Å²) >= 11 is 0. The number of aryl methyl sites for hydroxylation is 1. The van der Waals surface area contributed by atoms with Crippen molar-refractivity contribution in [2.45, 2.75) is 19.4 Å². The van der Waals surface area contributed by atoms with E-state index in [2.05, 4.69) is 20.6 Å². The fourth-order valence-electron chi connectivity index (χ4n) is 2.33. The largest absolute Gasteiger partial charge is 0.384 e. The first-order valence-electron chi connectivity index (χ1n) is 6.62. The third-order valence-corrected chi connectivity index (χ3v) is 3.43. The third-order valence-electron chi connectivity index (χ3n) is 3.43. The van der Waals surface area contributed by atoms with E-state index in [0.717, 1.165) is 22.6 Å². The van der Waals surface area contributed by atoms with Gasteiger partial charge in [0.05, 0.1) is 30.0 Å². The summed E-state index contributed by atoms with van der Waals surface area (Å²) in [5, 5.41) is 6.17. The zero-order valence-corrected chi connectivity index (χ0v) is 11.3. The SMILES string of the molecule is Cc1cnc(CNC(=O)C2CNc3ccccc32)cn1. The maximum atomic E-state index is 12.2. The van der Waals surface area contributed by atoms with Gasteiger partial charge in [-0.3, -0.25) is 14.8 Å². The van der Waals surface area contributed by atoms with Gasteiger partial charge < -0.3 is 10.6 Å². The van der Waals surface area contributed by atoms with Crippen LogP contribution in [0.5, 0.6) is 0 Å². The van der Waals surface area contributed by atoms with E-state index in [4.69, 9.17) is 0 Å². The van der Waals surface area contributed by atoms with Crippen molar-refractivity contribution in [1.82, 2.24) is 15.3 Å². The van der Waals surface area contributed by atoms with Crippen LogP contribution in [0.25, 0.3) is 0 Å². The molecule has 0 saturated carbocycles. The lowest BCUT2D eigenvalue weighted by Crippen LogP contribution is -2.30. The molecule has 5 heteroatoms.